The van der Waals surface area contributed by atoms with E-state index in [4.69, 9.17) is 4.74 Å². The van der Waals surface area contributed by atoms with Crippen molar-refractivity contribution in [1.82, 2.24) is 15.5 Å². The van der Waals surface area contributed by atoms with Gasteiger partial charge in [-0.15, -0.1) is 0 Å². The van der Waals surface area contributed by atoms with Crippen molar-refractivity contribution >= 4 is 17.9 Å². The highest BCUT2D eigenvalue weighted by Gasteiger charge is 2.42. The SMILES string of the molecule is Cc1cc(C)cc(C(C(=O)NCc2ccccc2)N(C(=O)C(CO)NC(=O)OC(C)(C)C)C2CCC2)c1. The predicted octanol–water partition coefficient (Wildman–Crippen LogP) is 3.93. The van der Waals surface area contributed by atoms with E-state index < -0.39 is 36.3 Å². The molecule has 0 radical (unpaired) electrons. The summed E-state index contributed by atoms with van der Waals surface area (Å²) in [6, 6.07) is 13.0. The van der Waals surface area contributed by atoms with Crippen LogP contribution in [0.15, 0.2) is 48.5 Å². The second kappa shape index (κ2) is 12.2. The molecule has 0 saturated heterocycles. The topological polar surface area (TPSA) is 108 Å². The van der Waals surface area contributed by atoms with E-state index in [2.05, 4.69) is 10.6 Å². The van der Waals surface area contributed by atoms with Crippen LogP contribution in [0.5, 0.6) is 0 Å². The molecule has 2 atom stereocenters. The Hall–Kier alpha value is -3.39. The summed E-state index contributed by atoms with van der Waals surface area (Å²) in [7, 11) is 0. The van der Waals surface area contributed by atoms with E-state index in [-0.39, 0.29) is 11.9 Å². The molecule has 3 N–H and O–H groups in total. The number of alkyl carbamates (subject to hydrolysis) is 1. The van der Waals surface area contributed by atoms with Gasteiger partial charge in [-0.05, 0) is 65.0 Å². The van der Waals surface area contributed by atoms with Crippen molar-refractivity contribution in [1.29, 1.82) is 0 Å². The average molecular weight is 510 g/mol. The number of hydrogen-bond acceptors (Lipinski definition) is 5. The molecule has 3 rings (SSSR count). The zero-order chi connectivity index (χ0) is 27.2. The fourth-order valence-electron chi connectivity index (χ4n) is 4.49. The Kier molecular flexibility index (Phi) is 9.32. The molecule has 2 aromatic rings. The lowest BCUT2D eigenvalue weighted by atomic mass is 9.87. The molecule has 0 bridgehead atoms. The molecule has 0 aromatic heterocycles. The second-order valence-corrected chi connectivity index (χ2v) is 10.7. The van der Waals surface area contributed by atoms with Crippen LogP contribution >= 0.6 is 0 Å². The summed E-state index contributed by atoms with van der Waals surface area (Å²) in [5.41, 5.74) is 2.82. The third kappa shape index (κ3) is 7.79. The first-order valence-electron chi connectivity index (χ1n) is 12.8. The van der Waals surface area contributed by atoms with Gasteiger partial charge in [0, 0.05) is 12.6 Å². The number of hydrogen-bond donors (Lipinski definition) is 3. The number of carbonyl (C=O) groups is 3. The summed E-state index contributed by atoms with van der Waals surface area (Å²) >= 11 is 0. The van der Waals surface area contributed by atoms with E-state index in [1.54, 1.807) is 25.7 Å². The van der Waals surface area contributed by atoms with Crippen LogP contribution in [0.4, 0.5) is 4.79 Å². The van der Waals surface area contributed by atoms with Crippen molar-refractivity contribution in [2.45, 2.75) is 84.2 Å². The first-order valence-corrected chi connectivity index (χ1v) is 12.8. The van der Waals surface area contributed by atoms with Gasteiger partial charge in [0.2, 0.25) is 11.8 Å². The third-order valence-corrected chi connectivity index (χ3v) is 6.29. The van der Waals surface area contributed by atoms with Crippen molar-refractivity contribution in [2.75, 3.05) is 6.61 Å². The summed E-state index contributed by atoms with van der Waals surface area (Å²) < 4.78 is 5.30. The summed E-state index contributed by atoms with van der Waals surface area (Å²) in [6.45, 7) is 8.75. The molecule has 3 amide bonds. The van der Waals surface area contributed by atoms with Crippen LogP contribution < -0.4 is 10.6 Å². The highest BCUT2D eigenvalue weighted by atomic mass is 16.6. The highest BCUT2D eigenvalue weighted by Crippen LogP contribution is 2.34. The predicted molar refractivity (Wildman–Crippen MR) is 142 cm³/mol. The van der Waals surface area contributed by atoms with Gasteiger partial charge in [-0.25, -0.2) is 4.79 Å². The van der Waals surface area contributed by atoms with Crippen LogP contribution in [0.25, 0.3) is 0 Å². The minimum Gasteiger partial charge on any atom is -0.444 e. The zero-order valence-electron chi connectivity index (χ0n) is 22.4. The fraction of sp³-hybridized carbons (Fsp3) is 0.483. The molecule has 1 saturated carbocycles. The third-order valence-electron chi connectivity index (χ3n) is 6.29. The summed E-state index contributed by atoms with van der Waals surface area (Å²) in [4.78, 5) is 41.6. The number of amides is 3. The molecule has 37 heavy (non-hydrogen) atoms. The molecule has 0 heterocycles. The van der Waals surface area contributed by atoms with Crippen molar-refractivity contribution in [3.63, 3.8) is 0 Å². The van der Waals surface area contributed by atoms with Gasteiger partial charge in [-0.2, -0.15) is 0 Å². The Balaban J connectivity index is 1.95. The van der Waals surface area contributed by atoms with Gasteiger partial charge in [0.15, 0.2) is 0 Å². The normalized spacial score (nSPS) is 15.2. The first kappa shape index (κ1) is 28.2. The van der Waals surface area contributed by atoms with Gasteiger partial charge < -0.3 is 25.4 Å². The molecular formula is C29H39N3O5. The monoisotopic (exact) mass is 509 g/mol. The average Bonchev–Trinajstić information content (AvgIpc) is 2.78. The largest absolute Gasteiger partial charge is 0.444 e. The number of nitrogens with one attached hydrogen (secondary N) is 2. The number of carbonyl (C=O) groups excluding carboxylic acids is 3. The lowest BCUT2D eigenvalue weighted by molar-refractivity contribution is -0.148. The summed E-state index contributed by atoms with van der Waals surface area (Å²) in [5.74, 6) is -0.833. The number of nitrogens with zero attached hydrogens (tertiary/aromatic N) is 1. The molecule has 0 spiro atoms. The standard InChI is InChI=1S/C29H39N3O5/c1-19-14-20(2)16-22(15-19)25(26(34)30-17-21-10-7-6-8-11-21)32(23-12-9-13-23)27(35)24(18-33)31-28(36)37-29(3,4)5/h6-8,10-11,14-16,23-25,33H,9,12-13,17-18H2,1-5H3,(H,30,34)(H,31,36). The van der Waals surface area contributed by atoms with Crippen molar-refractivity contribution in [2.24, 2.45) is 0 Å². The van der Waals surface area contributed by atoms with Crippen molar-refractivity contribution in [3.05, 3.63) is 70.8 Å². The molecule has 8 heteroatoms. The maximum atomic E-state index is 13.9. The minimum atomic E-state index is -1.24. The van der Waals surface area contributed by atoms with Gasteiger partial charge in [0.1, 0.15) is 17.7 Å². The maximum absolute atomic E-state index is 13.9. The van der Waals surface area contributed by atoms with Crippen LogP contribution in [0.3, 0.4) is 0 Å². The molecule has 2 unspecified atom stereocenters. The Morgan fingerprint density at radius 2 is 1.68 bits per heavy atom. The number of aliphatic hydroxyl groups excluding tert-OH is 1. The van der Waals surface area contributed by atoms with E-state index >= 15 is 0 Å². The molecule has 0 aliphatic heterocycles. The van der Waals surface area contributed by atoms with Crippen LogP contribution in [0.1, 0.15) is 68.3 Å². The van der Waals surface area contributed by atoms with Crippen molar-refractivity contribution < 1.29 is 24.2 Å². The minimum absolute atomic E-state index is 0.185. The van der Waals surface area contributed by atoms with Gasteiger partial charge in [0.05, 0.1) is 6.61 Å². The van der Waals surface area contributed by atoms with Gasteiger partial charge in [0.25, 0.3) is 0 Å². The summed E-state index contributed by atoms with van der Waals surface area (Å²) in [6.07, 6.45) is 1.61. The molecular weight excluding hydrogens is 470 g/mol. The van der Waals surface area contributed by atoms with E-state index in [1.807, 2.05) is 62.4 Å². The van der Waals surface area contributed by atoms with E-state index in [1.165, 1.54) is 0 Å². The summed E-state index contributed by atoms with van der Waals surface area (Å²) in [5, 5.41) is 15.6. The smallest absolute Gasteiger partial charge is 0.408 e. The van der Waals surface area contributed by atoms with Crippen molar-refractivity contribution in [3.8, 4) is 0 Å². The second-order valence-electron chi connectivity index (χ2n) is 10.7. The van der Waals surface area contributed by atoms with Crippen LogP contribution in [0.2, 0.25) is 0 Å². The Morgan fingerprint density at radius 3 is 2.19 bits per heavy atom. The number of aliphatic hydroxyl groups is 1. The molecule has 1 fully saturated rings. The number of ether oxygens (including phenoxy) is 1. The number of aryl methyl sites for hydroxylation is 2. The van der Waals surface area contributed by atoms with E-state index in [0.29, 0.717) is 12.1 Å². The van der Waals surface area contributed by atoms with Gasteiger partial charge >= 0.3 is 6.09 Å². The lowest BCUT2D eigenvalue weighted by Gasteiger charge is -2.43. The van der Waals surface area contributed by atoms with E-state index in [0.717, 1.165) is 36.0 Å². The molecule has 8 nitrogen and oxygen atoms in total. The van der Waals surface area contributed by atoms with Crippen LogP contribution in [-0.2, 0) is 20.9 Å². The fourth-order valence-corrected chi connectivity index (χ4v) is 4.49. The Labute approximate surface area is 219 Å². The number of rotatable bonds is 9. The quantitative estimate of drug-likeness (QED) is 0.475. The first-order chi connectivity index (χ1) is 17.5. The highest BCUT2D eigenvalue weighted by molar-refractivity contribution is 5.92. The molecule has 1 aliphatic rings. The Bertz CT molecular complexity index is 1070. The maximum Gasteiger partial charge on any atom is 0.408 e. The van der Waals surface area contributed by atoms with E-state index in [9.17, 15) is 19.5 Å². The lowest BCUT2D eigenvalue weighted by Crippen LogP contribution is -2.58. The molecule has 1 aliphatic carbocycles. The Morgan fingerprint density at radius 1 is 1.05 bits per heavy atom. The van der Waals surface area contributed by atoms with Gasteiger partial charge in [-0.1, -0.05) is 59.7 Å². The molecule has 200 valence electrons. The molecule has 2 aromatic carbocycles. The number of benzene rings is 2. The van der Waals surface area contributed by atoms with Gasteiger partial charge in [-0.3, -0.25) is 9.59 Å². The zero-order valence-corrected chi connectivity index (χ0v) is 22.4. The van der Waals surface area contributed by atoms with Crippen LogP contribution in [-0.4, -0.2) is 52.2 Å². The van der Waals surface area contributed by atoms with Crippen LogP contribution in [0, 0.1) is 13.8 Å².